The number of hydrogen-bond donors (Lipinski definition) is 1. The van der Waals surface area contributed by atoms with Crippen LogP contribution in [0.3, 0.4) is 0 Å². The van der Waals surface area contributed by atoms with E-state index in [-0.39, 0.29) is 5.41 Å². The van der Waals surface area contributed by atoms with Gasteiger partial charge in [0.1, 0.15) is 0 Å². The fourth-order valence-corrected chi connectivity index (χ4v) is 3.47. The van der Waals surface area contributed by atoms with Crippen LogP contribution < -0.4 is 5.32 Å². The molecule has 3 rings (SSSR count). The summed E-state index contributed by atoms with van der Waals surface area (Å²) in [6, 6.07) is 8.21. The van der Waals surface area contributed by atoms with Crippen LogP contribution in [0.4, 0.5) is 0 Å². The molecule has 1 aromatic carbocycles. The molecule has 1 aliphatic heterocycles. The first-order chi connectivity index (χ1) is 9.62. The van der Waals surface area contributed by atoms with Crippen molar-refractivity contribution in [2.75, 3.05) is 19.6 Å². The lowest BCUT2D eigenvalue weighted by Gasteiger charge is -2.45. The van der Waals surface area contributed by atoms with Crippen LogP contribution >= 0.6 is 11.6 Å². The minimum atomic E-state index is -0.290. The normalized spacial score (nSPS) is 25.1. The van der Waals surface area contributed by atoms with Crippen LogP contribution in [0.25, 0.3) is 0 Å². The molecule has 1 unspecified atom stereocenters. The molecule has 1 amide bonds. The molecule has 1 aromatic rings. The van der Waals surface area contributed by atoms with Crippen molar-refractivity contribution in [1.29, 1.82) is 0 Å². The zero-order valence-electron chi connectivity index (χ0n) is 11.9. The number of carbonyl (C=O) groups is 1. The minimum Gasteiger partial charge on any atom is -0.339 e. The summed E-state index contributed by atoms with van der Waals surface area (Å²) >= 11 is 5.97. The van der Waals surface area contributed by atoms with Gasteiger partial charge in [0, 0.05) is 30.7 Å². The lowest BCUT2D eigenvalue weighted by molar-refractivity contribution is -0.142. The zero-order chi connectivity index (χ0) is 14.2. The highest BCUT2D eigenvalue weighted by Gasteiger charge is 2.47. The molecule has 1 saturated carbocycles. The van der Waals surface area contributed by atoms with E-state index in [0.717, 1.165) is 49.5 Å². The second-order valence-corrected chi connectivity index (χ2v) is 6.49. The van der Waals surface area contributed by atoms with E-state index >= 15 is 0 Å². The Kier molecular flexibility index (Phi) is 3.74. The van der Waals surface area contributed by atoms with Gasteiger partial charge in [0.15, 0.2) is 0 Å². The predicted molar refractivity (Wildman–Crippen MR) is 81.0 cm³/mol. The van der Waals surface area contributed by atoms with Gasteiger partial charge in [-0.3, -0.25) is 4.79 Å². The predicted octanol–water partition coefficient (Wildman–Crippen LogP) is 2.58. The number of nitrogens with zero attached hydrogens (tertiary/aromatic N) is 1. The maximum atomic E-state index is 13.0. The summed E-state index contributed by atoms with van der Waals surface area (Å²) in [7, 11) is 0. The number of halogens is 1. The third-order valence-corrected chi connectivity index (χ3v) is 4.92. The van der Waals surface area contributed by atoms with E-state index in [1.54, 1.807) is 0 Å². The molecule has 1 atom stereocenters. The van der Waals surface area contributed by atoms with E-state index in [2.05, 4.69) is 12.2 Å². The maximum absolute atomic E-state index is 13.0. The topological polar surface area (TPSA) is 32.3 Å². The third kappa shape index (κ3) is 2.33. The lowest BCUT2D eigenvalue weighted by Crippen LogP contribution is -2.58. The summed E-state index contributed by atoms with van der Waals surface area (Å²) in [5.74, 6) is 0.305. The number of piperazine rings is 1. The van der Waals surface area contributed by atoms with Gasteiger partial charge in [-0.1, -0.05) is 30.2 Å². The summed E-state index contributed by atoms with van der Waals surface area (Å²) in [5, 5.41) is 4.12. The van der Waals surface area contributed by atoms with E-state index in [4.69, 9.17) is 11.6 Å². The van der Waals surface area contributed by atoms with Crippen LogP contribution in [0.15, 0.2) is 24.3 Å². The Morgan fingerprint density at radius 3 is 2.60 bits per heavy atom. The maximum Gasteiger partial charge on any atom is 0.233 e. The second kappa shape index (κ2) is 5.38. The molecular formula is C16H21ClN2O. The average Bonchev–Trinajstić information content (AvgIpc) is 2.39. The Hall–Kier alpha value is -1.06. The van der Waals surface area contributed by atoms with Crippen LogP contribution in [0.5, 0.6) is 0 Å². The van der Waals surface area contributed by atoms with E-state index in [0.29, 0.717) is 11.9 Å². The zero-order valence-corrected chi connectivity index (χ0v) is 12.6. The van der Waals surface area contributed by atoms with Gasteiger partial charge in [-0.25, -0.2) is 0 Å². The molecule has 3 nitrogen and oxygen atoms in total. The largest absolute Gasteiger partial charge is 0.339 e. The van der Waals surface area contributed by atoms with Crippen molar-refractivity contribution in [3.8, 4) is 0 Å². The molecule has 0 bridgehead atoms. The summed E-state index contributed by atoms with van der Waals surface area (Å²) in [6.45, 7) is 4.66. The average molecular weight is 293 g/mol. The van der Waals surface area contributed by atoms with Crippen LogP contribution in [0, 0.1) is 0 Å². The number of rotatable bonds is 2. The Bertz CT molecular complexity index is 496. The van der Waals surface area contributed by atoms with Crippen molar-refractivity contribution in [3.05, 3.63) is 34.9 Å². The number of hydrogen-bond acceptors (Lipinski definition) is 2. The highest BCUT2D eigenvalue weighted by Crippen LogP contribution is 2.45. The van der Waals surface area contributed by atoms with Gasteiger partial charge in [-0.2, -0.15) is 0 Å². The molecule has 1 N–H and O–H groups in total. The quantitative estimate of drug-likeness (QED) is 0.909. The Morgan fingerprint density at radius 2 is 2.05 bits per heavy atom. The highest BCUT2D eigenvalue weighted by molar-refractivity contribution is 6.30. The van der Waals surface area contributed by atoms with Crippen molar-refractivity contribution in [3.63, 3.8) is 0 Å². The van der Waals surface area contributed by atoms with Gasteiger partial charge in [-0.05, 0) is 37.5 Å². The van der Waals surface area contributed by atoms with E-state index in [1.807, 2.05) is 29.2 Å². The fraction of sp³-hybridized carbons (Fsp3) is 0.562. The molecular weight excluding hydrogens is 272 g/mol. The summed E-state index contributed by atoms with van der Waals surface area (Å²) in [6.07, 6.45) is 3.06. The molecule has 2 fully saturated rings. The monoisotopic (exact) mass is 292 g/mol. The van der Waals surface area contributed by atoms with E-state index in [1.165, 1.54) is 0 Å². The van der Waals surface area contributed by atoms with Gasteiger partial charge in [0.2, 0.25) is 5.91 Å². The summed E-state index contributed by atoms with van der Waals surface area (Å²) in [5.41, 5.74) is 0.839. The van der Waals surface area contributed by atoms with E-state index < -0.39 is 0 Å². The van der Waals surface area contributed by atoms with Crippen molar-refractivity contribution in [1.82, 2.24) is 10.2 Å². The first-order valence-electron chi connectivity index (χ1n) is 7.41. The van der Waals surface area contributed by atoms with Crippen LogP contribution in [-0.4, -0.2) is 36.5 Å². The van der Waals surface area contributed by atoms with Gasteiger partial charge < -0.3 is 10.2 Å². The Morgan fingerprint density at radius 1 is 1.35 bits per heavy atom. The van der Waals surface area contributed by atoms with E-state index in [9.17, 15) is 4.79 Å². The minimum absolute atomic E-state index is 0.290. The molecule has 0 radical (unpaired) electrons. The number of carbonyl (C=O) groups excluding carboxylic acids is 1. The van der Waals surface area contributed by atoms with Gasteiger partial charge >= 0.3 is 0 Å². The smallest absolute Gasteiger partial charge is 0.233 e. The molecule has 4 heteroatoms. The number of benzene rings is 1. The van der Waals surface area contributed by atoms with Crippen LogP contribution in [-0.2, 0) is 10.2 Å². The molecule has 1 aliphatic carbocycles. The first-order valence-corrected chi connectivity index (χ1v) is 7.78. The lowest BCUT2D eigenvalue weighted by atomic mass is 9.63. The summed E-state index contributed by atoms with van der Waals surface area (Å²) < 4.78 is 0. The molecule has 0 spiro atoms. The van der Waals surface area contributed by atoms with Crippen molar-refractivity contribution in [2.24, 2.45) is 0 Å². The Labute approximate surface area is 125 Å². The van der Waals surface area contributed by atoms with Crippen molar-refractivity contribution >= 4 is 17.5 Å². The van der Waals surface area contributed by atoms with Crippen molar-refractivity contribution < 1.29 is 4.79 Å². The number of amides is 1. The third-order valence-electron chi connectivity index (χ3n) is 4.67. The SMILES string of the molecule is CC1CN(C(=O)C2(c3ccc(Cl)cc3)CCC2)CCN1. The standard InChI is InChI=1S/C16H21ClN2O/c1-12-11-19(10-9-18-12)15(20)16(7-2-8-16)13-3-5-14(17)6-4-13/h3-6,12,18H,2,7-11H2,1H3. The molecule has 108 valence electrons. The highest BCUT2D eigenvalue weighted by atomic mass is 35.5. The van der Waals surface area contributed by atoms with Gasteiger partial charge in [-0.15, -0.1) is 0 Å². The van der Waals surface area contributed by atoms with Gasteiger partial charge in [0.25, 0.3) is 0 Å². The summed E-state index contributed by atoms with van der Waals surface area (Å²) in [4.78, 5) is 15.0. The first kappa shape index (κ1) is 13.9. The van der Waals surface area contributed by atoms with Crippen LogP contribution in [0.1, 0.15) is 31.7 Å². The van der Waals surface area contributed by atoms with Gasteiger partial charge in [0.05, 0.1) is 5.41 Å². The van der Waals surface area contributed by atoms with Crippen LogP contribution in [0.2, 0.25) is 5.02 Å². The molecule has 2 aliphatic rings. The molecule has 20 heavy (non-hydrogen) atoms. The molecule has 1 saturated heterocycles. The number of nitrogens with one attached hydrogen (secondary N) is 1. The Balaban J connectivity index is 1.84. The van der Waals surface area contributed by atoms with Crippen molar-refractivity contribution in [2.45, 2.75) is 37.6 Å². The fourth-order valence-electron chi connectivity index (χ4n) is 3.34. The second-order valence-electron chi connectivity index (χ2n) is 6.05. The molecule has 0 aromatic heterocycles. The molecule has 1 heterocycles.